The summed E-state index contributed by atoms with van der Waals surface area (Å²) in [5.41, 5.74) is -0.553. The number of carbonyl (C=O) groups excluding carboxylic acids is 1. The lowest BCUT2D eigenvalue weighted by atomic mass is 9.74. The van der Waals surface area contributed by atoms with Gasteiger partial charge in [-0.2, -0.15) is 0 Å². The Morgan fingerprint density at radius 3 is 2.80 bits per heavy atom. The van der Waals surface area contributed by atoms with E-state index in [2.05, 4.69) is 11.9 Å². The maximum absolute atomic E-state index is 11.6. The van der Waals surface area contributed by atoms with Crippen molar-refractivity contribution < 1.29 is 14.3 Å². The van der Waals surface area contributed by atoms with Gasteiger partial charge in [0.25, 0.3) is 0 Å². The number of methoxy groups -OCH3 is 1. The lowest BCUT2D eigenvalue weighted by Crippen LogP contribution is -2.63. The molecule has 1 rings (SSSR count). The van der Waals surface area contributed by atoms with Crippen molar-refractivity contribution in [2.75, 3.05) is 20.3 Å². The van der Waals surface area contributed by atoms with Crippen LogP contribution in [0.1, 0.15) is 19.8 Å². The molecule has 1 fully saturated rings. The lowest BCUT2D eigenvalue weighted by molar-refractivity contribution is -0.161. The predicted octanol–water partition coefficient (Wildman–Crippen LogP) is 0.873. The second-order valence-electron chi connectivity index (χ2n) is 3.73. The minimum Gasteiger partial charge on any atom is -0.468 e. The molecule has 0 bridgehead atoms. The number of nitrogens with one attached hydrogen (secondary N) is 1. The third kappa shape index (κ3) is 2.58. The van der Waals surface area contributed by atoms with E-state index in [0.29, 0.717) is 26.0 Å². The SMILES string of the molecule is C=CCNC1(C(=O)OC)CC(OCC)C1. The highest BCUT2D eigenvalue weighted by molar-refractivity contribution is 5.82. The van der Waals surface area contributed by atoms with Gasteiger partial charge in [0, 0.05) is 26.0 Å². The molecule has 1 saturated carbocycles. The first-order valence-corrected chi connectivity index (χ1v) is 5.24. The standard InChI is InChI=1S/C11H19NO3/c1-4-6-12-11(10(13)14-3)7-9(8-11)15-5-2/h4,9,12H,1,5-8H2,2-3H3. The summed E-state index contributed by atoms with van der Waals surface area (Å²) in [5, 5.41) is 3.15. The average Bonchev–Trinajstić information content (AvgIpc) is 2.20. The molecule has 0 spiro atoms. The van der Waals surface area contributed by atoms with E-state index in [4.69, 9.17) is 9.47 Å². The topological polar surface area (TPSA) is 47.6 Å². The highest BCUT2D eigenvalue weighted by Crippen LogP contribution is 2.35. The Morgan fingerprint density at radius 2 is 2.33 bits per heavy atom. The molecule has 4 heteroatoms. The van der Waals surface area contributed by atoms with Crippen LogP contribution in [0.3, 0.4) is 0 Å². The van der Waals surface area contributed by atoms with Gasteiger partial charge < -0.3 is 9.47 Å². The molecule has 86 valence electrons. The molecule has 1 aliphatic rings. The highest BCUT2D eigenvalue weighted by atomic mass is 16.5. The van der Waals surface area contributed by atoms with Crippen LogP contribution in [0.5, 0.6) is 0 Å². The van der Waals surface area contributed by atoms with Crippen LogP contribution in [0.4, 0.5) is 0 Å². The minimum atomic E-state index is -0.553. The summed E-state index contributed by atoms with van der Waals surface area (Å²) in [5.74, 6) is -0.208. The Labute approximate surface area is 90.6 Å². The van der Waals surface area contributed by atoms with Crippen LogP contribution in [-0.4, -0.2) is 37.9 Å². The van der Waals surface area contributed by atoms with Gasteiger partial charge in [-0.05, 0) is 6.92 Å². The molecule has 0 aromatic carbocycles. The van der Waals surface area contributed by atoms with Crippen molar-refractivity contribution in [3.05, 3.63) is 12.7 Å². The fourth-order valence-corrected chi connectivity index (χ4v) is 1.92. The number of hydrogen-bond acceptors (Lipinski definition) is 4. The smallest absolute Gasteiger partial charge is 0.326 e. The van der Waals surface area contributed by atoms with Crippen LogP contribution in [-0.2, 0) is 14.3 Å². The third-order valence-electron chi connectivity index (χ3n) is 2.72. The Kier molecular flexibility index (Phi) is 4.29. The minimum absolute atomic E-state index is 0.173. The first-order chi connectivity index (χ1) is 7.18. The van der Waals surface area contributed by atoms with Gasteiger partial charge in [0.2, 0.25) is 0 Å². The van der Waals surface area contributed by atoms with Gasteiger partial charge in [-0.25, -0.2) is 0 Å². The molecule has 15 heavy (non-hydrogen) atoms. The maximum Gasteiger partial charge on any atom is 0.326 e. The van der Waals surface area contributed by atoms with Gasteiger partial charge >= 0.3 is 5.97 Å². The second-order valence-corrected chi connectivity index (χ2v) is 3.73. The molecule has 0 unspecified atom stereocenters. The van der Waals surface area contributed by atoms with Crippen molar-refractivity contribution in [2.24, 2.45) is 0 Å². The molecular formula is C11H19NO3. The summed E-state index contributed by atoms with van der Waals surface area (Å²) in [6.07, 6.45) is 3.27. The van der Waals surface area contributed by atoms with E-state index in [9.17, 15) is 4.79 Å². The molecule has 0 heterocycles. The first kappa shape index (κ1) is 12.2. The summed E-state index contributed by atoms with van der Waals surface area (Å²) in [4.78, 5) is 11.6. The Hall–Kier alpha value is -0.870. The largest absolute Gasteiger partial charge is 0.468 e. The van der Waals surface area contributed by atoms with E-state index in [1.54, 1.807) is 6.08 Å². The molecule has 0 aromatic heterocycles. The Morgan fingerprint density at radius 1 is 1.67 bits per heavy atom. The summed E-state index contributed by atoms with van der Waals surface area (Å²) in [6.45, 7) is 6.86. The normalized spacial score (nSPS) is 29.3. The zero-order valence-electron chi connectivity index (χ0n) is 9.41. The predicted molar refractivity (Wildman–Crippen MR) is 57.6 cm³/mol. The number of ether oxygens (including phenoxy) is 2. The zero-order valence-corrected chi connectivity index (χ0v) is 9.41. The summed E-state index contributed by atoms with van der Waals surface area (Å²) in [6, 6.07) is 0. The van der Waals surface area contributed by atoms with Gasteiger partial charge in [0.05, 0.1) is 13.2 Å². The molecule has 0 atom stereocenters. The molecule has 0 aromatic rings. The van der Waals surface area contributed by atoms with E-state index in [1.165, 1.54) is 7.11 Å². The zero-order chi connectivity index (χ0) is 11.3. The van der Waals surface area contributed by atoms with Gasteiger partial charge in [0.1, 0.15) is 5.54 Å². The number of carbonyl (C=O) groups is 1. The van der Waals surface area contributed by atoms with E-state index < -0.39 is 5.54 Å². The van der Waals surface area contributed by atoms with Crippen molar-refractivity contribution in [1.29, 1.82) is 0 Å². The van der Waals surface area contributed by atoms with Crippen LogP contribution < -0.4 is 5.32 Å². The summed E-state index contributed by atoms with van der Waals surface area (Å²) in [7, 11) is 1.41. The third-order valence-corrected chi connectivity index (χ3v) is 2.72. The van der Waals surface area contributed by atoms with Crippen LogP contribution in [0.2, 0.25) is 0 Å². The van der Waals surface area contributed by atoms with Gasteiger partial charge in [-0.15, -0.1) is 6.58 Å². The highest BCUT2D eigenvalue weighted by Gasteiger charge is 2.51. The van der Waals surface area contributed by atoms with Crippen LogP contribution in [0.25, 0.3) is 0 Å². The van der Waals surface area contributed by atoms with Crippen molar-refractivity contribution in [1.82, 2.24) is 5.32 Å². The molecule has 0 aliphatic heterocycles. The van der Waals surface area contributed by atoms with E-state index in [-0.39, 0.29) is 12.1 Å². The number of rotatable bonds is 6. The fraction of sp³-hybridized carbons (Fsp3) is 0.727. The monoisotopic (exact) mass is 213 g/mol. The number of esters is 1. The van der Waals surface area contributed by atoms with Crippen molar-refractivity contribution in [3.63, 3.8) is 0 Å². The van der Waals surface area contributed by atoms with Crippen LogP contribution in [0.15, 0.2) is 12.7 Å². The van der Waals surface area contributed by atoms with Crippen LogP contribution >= 0.6 is 0 Å². The molecule has 0 amide bonds. The molecule has 0 saturated heterocycles. The van der Waals surface area contributed by atoms with E-state index in [0.717, 1.165) is 0 Å². The molecule has 0 radical (unpaired) electrons. The average molecular weight is 213 g/mol. The Balaban J connectivity index is 2.50. The summed E-state index contributed by atoms with van der Waals surface area (Å²) >= 11 is 0. The fourth-order valence-electron chi connectivity index (χ4n) is 1.92. The Bertz CT molecular complexity index is 234. The van der Waals surface area contributed by atoms with Crippen LogP contribution in [0, 0.1) is 0 Å². The van der Waals surface area contributed by atoms with Crippen molar-refractivity contribution in [2.45, 2.75) is 31.4 Å². The molecule has 1 N–H and O–H groups in total. The van der Waals surface area contributed by atoms with Gasteiger partial charge in [-0.3, -0.25) is 10.1 Å². The number of hydrogen-bond donors (Lipinski definition) is 1. The summed E-state index contributed by atoms with van der Waals surface area (Å²) < 4.78 is 10.2. The van der Waals surface area contributed by atoms with Crippen molar-refractivity contribution >= 4 is 5.97 Å². The first-order valence-electron chi connectivity index (χ1n) is 5.24. The van der Waals surface area contributed by atoms with E-state index in [1.807, 2.05) is 6.92 Å². The quantitative estimate of drug-likeness (QED) is 0.525. The van der Waals surface area contributed by atoms with Crippen molar-refractivity contribution in [3.8, 4) is 0 Å². The van der Waals surface area contributed by atoms with Gasteiger partial charge in [-0.1, -0.05) is 6.08 Å². The van der Waals surface area contributed by atoms with Gasteiger partial charge in [0.15, 0.2) is 0 Å². The lowest BCUT2D eigenvalue weighted by Gasteiger charge is -2.45. The molecule has 1 aliphatic carbocycles. The molecular weight excluding hydrogens is 194 g/mol. The molecule has 4 nitrogen and oxygen atoms in total. The maximum atomic E-state index is 11.6. The second kappa shape index (κ2) is 5.28. The van der Waals surface area contributed by atoms with E-state index >= 15 is 0 Å².